The maximum absolute atomic E-state index is 12.7. The molecule has 0 unspecified atom stereocenters. The number of hydrogen-bond acceptors (Lipinski definition) is 4. The van der Waals surface area contributed by atoms with Crippen LogP contribution in [0.4, 0.5) is 0 Å². The third-order valence-corrected chi connectivity index (χ3v) is 7.44. The van der Waals surface area contributed by atoms with E-state index in [2.05, 4.69) is 4.72 Å². The van der Waals surface area contributed by atoms with Gasteiger partial charge in [-0.25, -0.2) is 17.9 Å². The van der Waals surface area contributed by atoms with Crippen molar-refractivity contribution in [3.63, 3.8) is 0 Å². The summed E-state index contributed by atoms with van der Waals surface area (Å²) >= 11 is 1.46. The van der Waals surface area contributed by atoms with Gasteiger partial charge in [-0.05, 0) is 37.1 Å². The summed E-state index contributed by atoms with van der Waals surface area (Å²) in [6.07, 6.45) is 3.57. The van der Waals surface area contributed by atoms with E-state index < -0.39 is 16.0 Å². The van der Waals surface area contributed by atoms with Gasteiger partial charge in [-0.15, -0.1) is 11.8 Å². The molecule has 1 aliphatic rings. The highest BCUT2D eigenvalue weighted by Gasteiger charge is 2.31. The van der Waals surface area contributed by atoms with E-state index in [1.807, 2.05) is 0 Å². The van der Waals surface area contributed by atoms with Gasteiger partial charge in [-0.1, -0.05) is 43.2 Å². The van der Waals surface area contributed by atoms with Gasteiger partial charge in [-0.2, -0.15) is 0 Å². The van der Waals surface area contributed by atoms with Crippen molar-refractivity contribution in [3.8, 4) is 0 Å². The van der Waals surface area contributed by atoms with E-state index in [-0.39, 0.29) is 21.8 Å². The summed E-state index contributed by atoms with van der Waals surface area (Å²) in [5.74, 6) is -0.967. The lowest BCUT2D eigenvalue weighted by atomic mass is 9.96. The normalized spacial score (nSPS) is 20.6. The molecule has 26 heavy (non-hydrogen) atoms. The molecular weight excluding hydrogens is 370 g/mol. The van der Waals surface area contributed by atoms with E-state index in [9.17, 15) is 18.3 Å². The van der Waals surface area contributed by atoms with E-state index in [4.69, 9.17) is 0 Å². The topological polar surface area (TPSA) is 83.5 Å². The average molecular weight is 392 g/mol. The van der Waals surface area contributed by atoms with Gasteiger partial charge in [0, 0.05) is 16.2 Å². The monoisotopic (exact) mass is 391 g/mol. The van der Waals surface area contributed by atoms with E-state index in [1.54, 1.807) is 54.6 Å². The molecule has 5 nitrogen and oxygen atoms in total. The van der Waals surface area contributed by atoms with Crippen LogP contribution in [0.2, 0.25) is 0 Å². The van der Waals surface area contributed by atoms with Gasteiger partial charge in [-0.3, -0.25) is 0 Å². The molecule has 0 saturated heterocycles. The van der Waals surface area contributed by atoms with E-state index in [0.29, 0.717) is 4.90 Å². The van der Waals surface area contributed by atoms with Crippen LogP contribution in [-0.2, 0) is 10.0 Å². The van der Waals surface area contributed by atoms with Crippen molar-refractivity contribution in [1.82, 2.24) is 4.72 Å². The number of carbonyl (C=O) groups is 1. The van der Waals surface area contributed by atoms with Crippen LogP contribution in [-0.4, -0.2) is 30.8 Å². The molecular formula is C19H21NO4S2. The molecule has 2 aromatic rings. The molecule has 1 saturated carbocycles. The Bertz CT molecular complexity index is 868. The van der Waals surface area contributed by atoms with E-state index >= 15 is 0 Å². The molecule has 3 rings (SSSR count). The molecule has 0 aliphatic heterocycles. The highest BCUT2D eigenvalue weighted by atomic mass is 32.2. The van der Waals surface area contributed by atoms with Gasteiger partial charge in [0.05, 0.1) is 10.5 Å². The van der Waals surface area contributed by atoms with E-state index in [1.165, 1.54) is 11.8 Å². The number of rotatable bonds is 6. The highest BCUT2D eigenvalue weighted by Crippen LogP contribution is 2.36. The molecule has 2 aromatic carbocycles. The number of carboxylic acid groups (broad SMARTS) is 1. The number of benzene rings is 2. The van der Waals surface area contributed by atoms with Crippen LogP contribution in [0.25, 0.3) is 0 Å². The van der Waals surface area contributed by atoms with Crippen molar-refractivity contribution in [3.05, 3.63) is 60.2 Å². The zero-order valence-electron chi connectivity index (χ0n) is 14.2. The van der Waals surface area contributed by atoms with Crippen molar-refractivity contribution >= 4 is 27.8 Å². The first kappa shape index (κ1) is 18.9. The molecule has 0 heterocycles. The Morgan fingerprint density at radius 3 is 2.38 bits per heavy atom. The van der Waals surface area contributed by atoms with Crippen LogP contribution in [0.1, 0.15) is 36.0 Å². The molecule has 2 N–H and O–H groups in total. The predicted molar refractivity (Wildman–Crippen MR) is 102 cm³/mol. The third-order valence-electron chi connectivity index (χ3n) is 4.46. The Balaban J connectivity index is 1.80. The number of aromatic carboxylic acids is 1. The van der Waals surface area contributed by atoms with Crippen LogP contribution in [0.5, 0.6) is 0 Å². The van der Waals surface area contributed by atoms with Gasteiger partial charge in [0.25, 0.3) is 0 Å². The predicted octanol–water partition coefficient (Wildman–Crippen LogP) is 3.77. The van der Waals surface area contributed by atoms with Crippen molar-refractivity contribution in [2.24, 2.45) is 0 Å². The molecule has 1 aliphatic carbocycles. The second-order valence-corrected chi connectivity index (χ2v) is 9.28. The first-order valence-corrected chi connectivity index (χ1v) is 10.9. The summed E-state index contributed by atoms with van der Waals surface area (Å²) in [6.45, 7) is 0. The number of hydrogen-bond donors (Lipinski definition) is 2. The van der Waals surface area contributed by atoms with Gasteiger partial charge in [0.15, 0.2) is 0 Å². The molecule has 0 radical (unpaired) electrons. The largest absolute Gasteiger partial charge is 0.478 e. The summed E-state index contributed by atoms with van der Waals surface area (Å²) in [7, 11) is -3.59. The number of sulfonamides is 1. The summed E-state index contributed by atoms with van der Waals surface area (Å²) in [5.41, 5.74) is 0.257. The summed E-state index contributed by atoms with van der Waals surface area (Å²) in [4.78, 5) is 12.4. The quantitative estimate of drug-likeness (QED) is 0.783. The highest BCUT2D eigenvalue weighted by molar-refractivity contribution is 8.00. The van der Waals surface area contributed by atoms with Crippen LogP contribution < -0.4 is 4.72 Å². The van der Waals surface area contributed by atoms with Crippen LogP contribution in [0, 0.1) is 0 Å². The maximum atomic E-state index is 12.7. The van der Waals surface area contributed by atoms with E-state index in [0.717, 1.165) is 25.7 Å². The van der Waals surface area contributed by atoms with Crippen LogP contribution >= 0.6 is 11.8 Å². The summed E-state index contributed by atoms with van der Waals surface area (Å²) in [6, 6.07) is 15.0. The standard InChI is InChI=1S/C19H21NO4S2/c21-19(22)15-10-4-6-12-17(15)25-18-13-7-5-11-16(18)20-26(23,24)14-8-2-1-3-9-14/h1-4,6,8-10,12,16,18,20H,5,7,11,13H2,(H,21,22)/t16-,18+/m1/s1. The molecule has 0 amide bonds. The Morgan fingerprint density at radius 2 is 1.65 bits per heavy atom. The smallest absolute Gasteiger partial charge is 0.336 e. The fourth-order valence-corrected chi connectivity index (χ4v) is 5.99. The third kappa shape index (κ3) is 4.47. The van der Waals surface area contributed by atoms with Crippen molar-refractivity contribution < 1.29 is 18.3 Å². The zero-order valence-corrected chi connectivity index (χ0v) is 15.8. The lowest BCUT2D eigenvalue weighted by molar-refractivity contribution is 0.0693. The van der Waals surface area contributed by atoms with Crippen molar-refractivity contribution in [2.75, 3.05) is 0 Å². The van der Waals surface area contributed by atoms with Gasteiger partial charge in [0.2, 0.25) is 10.0 Å². The molecule has 0 bridgehead atoms. The number of thioether (sulfide) groups is 1. The van der Waals surface area contributed by atoms with Gasteiger partial charge < -0.3 is 5.11 Å². The van der Waals surface area contributed by atoms with Crippen molar-refractivity contribution in [2.45, 2.75) is 46.8 Å². The number of carboxylic acids is 1. The van der Waals surface area contributed by atoms with Crippen LogP contribution in [0.15, 0.2) is 64.4 Å². The molecule has 138 valence electrons. The van der Waals surface area contributed by atoms with Crippen LogP contribution in [0.3, 0.4) is 0 Å². The molecule has 0 spiro atoms. The molecule has 2 atom stereocenters. The SMILES string of the molecule is O=C(O)c1ccccc1S[C@H]1CCCC[C@H]1NS(=O)(=O)c1ccccc1. The summed E-state index contributed by atoms with van der Waals surface area (Å²) < 4.78 is 28.2. The minimum Gasteiger partial charge on any atom is -0.478 e. The Labute approximate surface area is 157 Å². The lowest BCUT2D eigenvalue weighted by Crippen LogP contribution is -2.43. The second kappa shape index (κ2) is 8.24. The Hall–Kier alpha value is -1.83. The second-order valence-electron chi connectivity index (χ2n) is 6.28. The number of nitrogens with one attached hydrogen (secondary N) is 1. The van der Waals surface area contributed by atoms with Gasteiger partial charge >= 0.3 is 5.97 Å². The lowest BCUT2D eigenvalue weighted by Gasteiger charge is -2.31. The summed E-state index contributed by atoms with van der Waals surface area (Å²) in [5, 5.41) is 9.37. The first-order chi connectivity index (χ1) is 12.5. The molecule has 1 fully saturated rings. The fourth-order valence-electron chi connectivity index (χ4n) is 3.15. The average Bonchev–Trinajstić information content (AvgIpc) is 2.64. The fraction of sp³-hybridized carbons (Fsp3) is 0.316. The first-order valence-electron chi connectivity index (χ1n) is 8.54. The van der Waals surface area contributed by atoms with Crippen molar-refractivity contribution in [1.29, 1.82) is 0 Å². The molecule has 0 aromatic heterocycles. The zero-order chi connectivity index (χ0) is 18.6. The Kier molecular flexibility index (Phi) is 6.01. The minimum absolute atomic E-state index is 0.00253. The minimum atomic E-state index is -3.59. The molecule has 7 heteroatoms. The maximum Gasteiger partial charge on any atom is 0.336 e. The van der Waals surface area contributed by atoms with Gasteiger partial charge in [0.1, 0.15) is 0 Å². The Morgan fingerprint density at radius 1 is 1.00 bits per heavy atom.